The molecule has 6 heterocycles. The number of nitriles is 1. The Hall–Kier alpha value is -4.36. The van der Waals surface area contributed by atoms with Crippen molar-refractivity contribution in [3.8, 4) is 17.2 Å². The van der Waals surface area contributed by atoms with Crippen molar-refractivity contribution in [1.29, 1.82) is 5.26 Å². The van der Waals surface area contributed by atoms with Gasteiger partial charge in [0.15, 0.2) is 0 Å². The minimum absolute atomic E-state index is 0.00981. The van der Waals surface area contributed by atoms with Crippen LogP contribution in [0.5, 0.6) is 0 Å². The van der Waals surface area contributed by atoms with Gasteiger partial charge < -0.3 is 19.6 Å². The number of carbonyl (C=O) groups is 1. The van der Waals surface area contributed by atoms with E-state index in [0.29, 0.717) is 5.56 Å². The van der Waals surface area contributed by atoms with Gasteiger partial charge in [-0.2, -0.15) is 10.4 Å². The number of piperazine rings is 1. The van der Waals surface area contributed by atoms with E-state index in [1.807, 2.05) is 23.4 Å². The standard InChI is InChI=1S/C30H33N9O/c1-4-26(40)38-18-30(19-38)7-8-37(17-30)24-16-39-25(36-11-9-35(3)10-12-36)15-32-29(39)28(21(24)13-31)27-20(2)5-6-23-22(27)14-33-34-23/h4-6,14-16H,1,7-12,17-19H2,2-3H3,(H,33,34). The van der Waals surface area contributed by atoms with Crippen LogP contribution in [0.15, 0.2) is 43.4 Å². The van der Waals surface area contributed by atoms with Crippen LogP contribution >= 0.6 is 0 Å². The number of carbonyl (C=O) groups excluding carboxylic acids is 1. The van der Waals surface area contributed by atoms with Crippen molar-refractivity contribution in [3.63, 3.8) is 0 Å². The molecule has 0 radical (unpaired) electrons. The lowest BCUT2D eigenvalue weighted by molar-refractivity contribution is -0.136. The number of hydrogen-bond acceptors (Lipinski definition) is 7. The van der Waals surface area contributed by atoms with Crippen LogP contribution in [-0.2, 0) is 4.79 Å². The Morgan fingerprint density at radius 2 is 1.90 bits per heavy atom. The third kappa shape index (κ3) is 3.68. The number of aryl methyl sites for hydroxylation is 1. The molecule has 4 aromatic rings. The quantitative estimate of drug-likeness (QED) is 0.401. The zero-order chi connectivity index (χ0) is 27.6. The summed E-state index contributed by atoms with van der Waals surface area (Å²) >= 11 is 0. The number of pyridine rings is 1. The molecule has 7 rings (SSSR count). The van der Waals surface area contributed by atoms with Gasteiger partial charge in [-0.1, -0.05) is 12.6 Å². The zero-order valence-corrected chi connectivity index (χ0v) is 23.0. The number of aromatic nitrogens is 4. The second-order valence-electron chi connectivity index (χ2n) is 11.6. The fourth-order valence-corrected chi connectivity index (χ4v) is 6.86. The number of H-pyrrole nitrogens is 1. The number of nitrogens with one attached hydrogen (secondary N) is 1. The molecule has 1 N–H and O–H groups in total. The van der Waals surface area contributed by atoms with Crippen LogP contribution in [0, 0.1) is 23.7 Å². The summed E-state index contributed by atoms with van der Waals surface area (Å²) in [5.74, 6) is 1.04. The molecule has 1 spiro atoms. The van der Waals surface area contributed by atoms with Crippen molar-refractivity contribution < 1.29 is 4.79 Å². The Bertz CT molecular complexity index is 1700. The lowest BCUT2D eigenvalue weighted by Gasteiger charge is -2.47. The van der Waals surface area contributed by atoms with Gasteiger partial charge in [0, 0.05) is 80.5 Å². The Kier molecular flexibility index (Phi) is 5.61. The number of aromatic amines is 1. The molecule has 3 saturated heterocycles. The summed E-state index contributed by atoms with van der Waals surface area (Å²) < 4.78 is 2.19. The van der Waals surface area contributed by atoms with Gasteiger partial charge in [0.1, 0.15) is 17.5 Å². The highest BCUT2D eigenvalue weighted by Gasteiger charge is 2.49. The Morgan fingerprint density at radius 3 is 2.65 bits per heavy atom. The van der Waals surface area contributed by atoms with Crippen LogP contribution in [0.4, 0.5) is 11.5 Å². The highest BCUT2D eigenvalue weighted by atomic mass is 16.2. The molecule has 0 saturated carbocycles. The number of rotatable bonds is 4. The first-order valence-corrected chi connectivity index (χ1v) is 13.9. The molecule has 0 unspecified atom stereocenters. The average molecular weight is 536 g/mol. The molecule has 1 amide bonds. The molecule has 40 heavy (non-hydrogen) atoms. The smallest absolute Gasteiger partial charge is 0.245 e. The largest absolute Gasteiger partial charge is 0.369 e. The van der Waals surface area contributed by atoms with Crippen molar-refractivity contribution in [2.45, 2.75) is 13.3 Å². The Morgan fingerprint density at radius 1 is 1.10 bits per heavy atom. The van der Waals surface area contributed by atoms with E-state index < -0.39 is 0 Å². The first kappa shape index (κ1) is 24.7. The van der Waals surface area contributed by atoms with E-state index in [-0.39, 0.29) is 11.3 Å². The Balaban J connectivity index is 1.40. The summed E-state index contributed by atoms with van der Waals surface area (Å²) in [5, 5.41) is 19.1. The van der Waals surface area contributed by atoms with E-state index in [0.717, 1.165) is 104 Å². The van der Waals surface area contributed by atoms with E-state index in [1.165, 1.54) is 6.08 Å². The molecule has 204 valence electrons. The van der Waals surface area contributed by atoms with Crippen LogP contribution in [0.3, 0.4) is 0 Å². The number of likely N-dealkylation sites (tertiary alicyclic amines) is 1. The van der Waals surface area contributed by atoms with Crippen LogP contribution in [0.25, 0.3) is 27.7 Å². The number of imidazole rings is 1. The summed E-state index contributed by atoms with van der Waals surface area (Å²) in [6, 6.07) is 6.70. The third-order valence-electron chi connectivity index (χ3n) is 9.10. The monoisotopic (exact) mass is 535 g/mol. The van der Waals surface area contributed by atoms with Gasteiger partial charge in [0.25, 0.3) is 0 Å². The summed E-state index contributed by atoms with van der Waals surface area (Å²) in [5.41, 5.74) is 6.24. The average Bonchev–Trinajstić information content (AvgIpc) is 3.70. The molecular weight excluding hydrogens is 502 g/mol. The minimum Gasteiger partial charge on any atom is -0.369 e. The van der Waals surface area contributed by atoms with Gasteiger partial charge in [0.2, 0.25) is 5.91 Å². The topological polar surface area (TPSA) is 99.8 Å². The van der Waals surface area contributed by atoms with Gasteiger partial charge in [-0.15, -0.1) is 0 Å². The lowest BCUT2D eigenvalue weighted by atomic mass is 9.79. The second kappa shape index (κ2) is 9.10. The fourth-order valence-electron chi connectivity index (χ4n) is 6.86. The molecule has 1 aromatic carbocycles. The molecular formula is C30H33N9O. The van der Waals surface area contributed by atoms with Crippen LogP contribution in [0.2, 0.25) is 0 Å². The van der Waals surface area contributed by atoms with E-state index in [2.05, 4.69) is 68.2 Å². The maximum Gasteiger partial charge on any atom is 0.245 e. The number of likely N-dealkylation sites (N-methyl/N-ethyl adjacent to an activating group) is 1. The van der Waals surface area contributed by atoms with Crippen molar-refractivity contribution in [3.05, 3.63) is 54.5 Å². The van der Waals surface area contributed by atoms with Crippen molar-refractivity contribution in [1.82, 2.24) is 29.4 Å². The lowest BCUT2D eigenvalue weighted by Crippen LogP contribution is -2.59. The maximum absolute atomic E-state index is 12.2. The maximum atomic E-state index is 12.2. The van der Waals surface area contributed by atoms with Crippen molar-refractivity contribution in [2.75, 3.05) is 69.2 Å². The van der Waals surface area contributed by atoms with Gasteiger partial charge in [-0.25, -0.2) is 4.98 Å². The van der Waals surface area contributed by atoms with E-state index in [4.69, 9.17) is 4.98 Å². The number of anilines is 2. The predicted octanol–water partition coefficient (Wildman–Crippen LogP) is 3.03. The molecule has 3 fully saturated rings. The minimum atomic E-state index is -0.00981. The highest BCUT2D eigenvalue weighted by molar-refractivity contribution is 6.03. The molecule has 10 heteroatoms. The summed E-state index contributed by atoms with van der Waals surface area (Å²) in [6.07, 6.45) is 8.29. The van der Waals surface area contributed by atoms with Crippen LogP contribution in [0.1, 0.15) is 17.5 Å². The van der Waals surface area contributed by atoms with E-state index in [1.54, 1.807) is 0 Å². The molecule has 3 aliphatic heterocycles. The molecule has 0 bridgehead atoms. The van der Waals surface area contributed by atoms with Gasteiger partial charge in [-0.05, 0) is 38.1 Å². The van der Waals surface area contributed by atoms with Crippen molar-refractivity contribution in [2.24, 2.45) is 5.41 Å². The van der Waals surface area contributed by atoms with Gasteiger partial charge >= 0.3 is 0 Å². The number of benzene rings is 1. The van der Waals surface area contributed by atoms with Gasteiger partial charge in [-0.3, -0.25) is 14.3 Å². The SMILES string of the molecule is C=CC(=O)N1CC2(CCN(c3cn4c(N5CCN(C)CC5)cnc4c(-c4c(C)ccc5[nH]ncc45)c3C#N)C2)C1. The predicted molar refractivity (Wildman–Crippen MR) is 155 cm³/mol. The molecule has 0 aliphatic carbocycles. The fraction of sp³-hybridized carbons (Fsp3) is 0.400. The number of nitrogens with zero attached hydrogens (tertiary/aromatic N) is 8. The summed E-state index contributed by atoms with van der Waals surface area (Å²) in [4.78, 5) is 26.0. The van der Waals surface area contributed by atoms with Crippen LogP contribution < -0.4 is 9.80 Å². The number of amides is 1. The second-order valence-corrected chi connectivity index (χ2v) is 11.6. The molecule has 3 aromatic heterocycles. The summed E-state index contributed by atoms with van der Waals surface area (Å²) in [6.45, 7) is 12.7. The summed E-state index contributed by atoms with van der Waals surface area (Å²) in [7, 11) is 2.16. The third-order valence-corrected chi connectivity index (χ3v) is 9.10. The normalized spacial score (nSPS) is 19.0. The first-order valence-electron chi connectivity index (χ1n) is 13.9. The molecule has 3 aliphatic rings. The number of hydrogen-bond donors (Lipinski definition) is 1. The van der Waals surface area contributed by atoms with E-state index >= 15 is 0 Å². The highest BCUT2D eigenvalue weighted by Crippen LogP contribution is 2.45. The van der Waals surface area contributed by atoms with Gasteiger partial charge in [0.05, 0.1) is 29.2 Å². The van der Waals surface area contributed by atoms with Crippen LogP contribution in [-0.4, -0.2) is 94.7 Å². The number of fused-ring (bicyclic) bond motifs is 2. The van der Waals surface area contributed by atoms with E-state index in [9.17, 15) is 10.1 Å². The molecule has 10 nitrogen and oxygen atoms in total. The van der Waals surface area contributed by atoms with Crippen molar-refractivity contribution >= 4 is 34.0 Å². The zero-order valence-electron chi connectivity index (χ0n) is 23.0. The Labute approximate surface area is 233 Å². The first-order chi connectivity index (χ1) is 19.4. The molecule has 0 atom stereocenters.